The van der Waals surface area contributed by atoms with Crippen LogP contribution in [0.15, 0.2) is 23.8 Å². The van der Waals surface area contributed by atoms with Gasteiger partial charge in [0.1, 0.15) is 0 Å². The summed E-state index contributed by atoms with van der Waals surface area (Å²) < 4.78 is 33.0. The van der Waals surface area contributed by atoms with Gasteiger partial charge in [0.2, 0.25) is 5.78 Å². The van der Waals surface area contributed by atoms with Crippen molar-refractivity contribution in [2.24, 2.45) is 28.6 Å². The summed E-state index contributed by atoms with van der Waals surface area (Å²) in [6, 6.07) is 0. The number of fused-ring (bicyclic) bond motifs is 5. The highest BCUT2D eigenvalue weighted by atomic mass is 19.1. The number of ether oxygens (including phenoxy) is 3. The third kappa shape index (κ3) is 3.34. The van der Waals surface area contributed by atoms with Crippen LogP contribution in [0.1, 0.15) is 59.8 Å². The average Bonchev–Trinajstić information content (AvgIpc) is 3.05. The SMILES string of the molecule is CCC(=O)OCC(=O)[C@@]1(OC(=O)OC)[C@H](C)C[C@H]2[C@@H]3CCC4=CC(=O)C=C[C@]4(C)[C@@]3(F)[C@@H](O)C[C@@]21C. The van der Waals surface area contributed by atoms with Crippen molar-refractivity contribution in [3.05, 3.63) is 23.8 Å². The van der Waals surface area contributed by atoms with Gasteiger partial charge in [0.25, 0.3) is 0 Å². The zero-order valence-corrected chi connectivity index (χ0v) is 21.5. The Labute approximate surface area is 210 Å². The molecule has 4 aliphatic carbocycles. The van der Waals surface area contributed by atoms with Crippen molar-refractivity contribution in [3.8, 4) is 0 Å². The number of carbonyl (C=O) groups is 4. The second-order valence-corrected chi connectivity index (χ2v) is 11.1. The highest BCUT2D eigenvalue weighted by Crippen LogP contribution is 2.71. The topological polar surface area (TPSA) is 116 Å². The Hall–Kier alpha value is -2.55. The summed E-state index contributed by atoms with van der Waals surface area (Å²) in [6.45, 7) is 6.22. The zero-order valence-electron chi connectivity index (χ0n) is 21.5. The first-order valence-electron chi connectivity index (χ1n) is 12.6. The van der Waals surface area contributed by atoms with Gasteiger partial charge in [-0.05, 0) is 50.7 Å². The lowest BCUT2D eigenvalue weighted by Crippen LogP contribution is -2.70. The minimum atomic E-state index is -2.09. The van der Waals surface area contributed by atoms with Crippen molar-refractivity contribution >= 4 is 23.7 Å². The molecule has 0 spiro atoms. The number of aliphatic hydroxyl groups excluding tert-OH is 1. The lowest BCUT2D eigenvalue weighted by atomic mass is 9.44. The van der Waals surface area contributed by atoms with Crippen molar-refractivity contribution < 1.29 is 42.9 Å². The third-order valence-corrected chi connectivity index (χ3v) is 9.66. The van der Waals surface area contributed by atoms with Crippen LogP contribution >= 0.6 is 0 Å². The lowest BCUT2D eigenvalue weighted by Gasteiger charge is -2.62. The van der Waals surface area contributed by atoms with Crippen LogP contribution in [0.4, 0.5) is 9.18 Å². The highest BCUT2D eigenvalue weighted by molar-refractivity contribution is 6.01. The maximum absolute atomic E-state index is 17.3. The number of esters is 1. The van der Waals surface area contributed by atoms with Crippen molar-refractivity contribution in [1.29, 1.82) is 0 Å². The van der Waals surface area contributed by atoms with Crippen LogP contribution in [-0.2, 0) is 28.6 Å². The Morgan fingerprint density at radius 1 is 1.22 bits per heavy atom. The predicted octanol–water partition coefficient (Wildman–Crippen LogP) is 3.65. The molecular formula is C27H35FO8. The molecule has 9 heteroatoms. The van der Waals surface area contributed by atoms with Gasteiger partial charge in [-0.1, -0.05) is 32.4 Å². The number of hydrogen-bond donors (Lipinski definition) is 1. The van der Waals surface area contributed by atoms with E-state index in [-0.39, 0.29) is 18.6 Å². The van der Waals surface area contributed by atoms with E-state index in [1.54, 1.807) is 33.8 Å². The van der Waals surface area contributed by atoms with Crippen LogP contribution in [-0.4, -0.2) is 59.9 Å². The number of ketones is 2. The molecule has 0 aliphatic heterocycles. The van der Waals surface area contributed by atoms with E-state index in [4.69, 9.17) is 14.2 Å². The van der Waals surface area contributed by atoms with E-state index < -0.39 is 70.5 Å². The number of rotatable bonds is 5. The standard InChI is InChI=1S/C27H35FO8/c1-6-22(32)35-14-21(31)27(36-23(33)34-5)15(2)11-19-18-8-7-16-12-17(29)9-10-24(16,3)26(18,28)20(30)13-25(19,27)4/h9-10,12,15,18-20,30H,6-8,11,13-14H2,1-5H3/t15-,18+,19+,20+,24+,25+,26+,27+/m1/s1. The molecule has 1 N–H and O–H groups in total. The van der Waals surface area contributed by atoms with E-state index in [9.17, 15) is 24.3 Å². The summed E-state index contributed by atoms with van der Waals surface area (Å²) in [6.07, 6.45) is 2.92. The van der Waals surface area contributed by atoms with Gasteiger partial charge in [0, 0.05) is 29.1 Å². The number of Topliss-reactive ketones (excluding diaryl/α,β-unsaturated/α-hetero) is 1. The van der Waals surface area contributed by atoms with Crippen molar-refractivity contribution in [3.63, 3.8) is 0 Å². The molecule has 3 fully saturated rings. The molecule has 4 aliphatic rings. The molecule has 8 atom stereocenters. The number of aliphatic hydroxyl groups is 1. The summed E-state index contributed by atoms with van der Waals surface area (Å²) >= 11 is 0. The fourth-order valence-corrected chi connectivity index (χ4v) is 7.93. The van der Waals surface area contributed by atoms with Gasteiger partial charge in [-0.15, -0.1) is 0 Å². The second kappa shape index (κ2) is 8.78. The fraction of sp³-hybridized carbons (Fsp3) is 0.704. The molecule has 0 saturated heterocycles. The molecule has 36 heavy (non-hydrogen) atoms. The number of carbonyl (C=O) groups excluding carboxylic acids is 4. The van der Waals surface area contributed by atoms with Crippen molar-refractivity contribution in [2.75, 3.05) is 13.7 Å². The van der Waals surface area contributed by atoms with Gasteiger partial charge in [-0.25, -0.2) is 9.18 Å². The number of alkyl halides is 1. The van der Waals surface area contributed by atoms with E-state index in [2.05, 4.69) is 0 Å². The van der Waals surface area contributed by atoms with Crippen molar-refractivity contribution in [1.82, 2.24) is 0 Å². The number of halogens is 1. The Kier molecular flexibility index (Phi) is 6.47. The number of methoxy groups -OCH3 is 1. The van der Waals surface area contributed by atoms with Gasteiger partial charge in [-0.2, -0.15) is 0 Å². The third-order valence-electron chi connectivity index (χ3n) is 9.66. The summed E-state index contributed by atoms with van der Waals surface area (Å²) in [4.78, 5) is 50.0. The Morgan fingerprint density at radius 2 is 1.92 bits per heavy atom. The molecule has 198 valence electrons. The second-order valence-electron chi connectivity index (χ2n) is 11.1. The molecular weight excluding hydrogens is 471 g/mol. The molecule has 8 nitrogen and oxygen atoms in total. The van der Waals surface area contributed by atoms with Gasteiger partial charge in [0.05, 0.1) is 13.2 Å². The molecule has 4 rings (SSSR count). The molecule has 3 saturated carbocycles. The molecule has 0 bridgehead atoms. The lowest BCUT2D eigenvalue weighted by molar-refractivity contribution is -0.222. The van der Waals surface area contributed by atoms with E-state index in [0.29, 0.717) is 24.8 Å². The molecule has 0 aromatic rings. The monoisotopic (exact) mass is 506 g/mol. The Bertz CT molecular complexity index is 1050. The number of allylic oxidation sites excluding steroid dienone is 4. The van der Waals surface area contributed by atoms with E-state index in [1.807, 2.05) is 0 Å². The predicted molar refractivity (Wildman–Crippen MR) is 125 cm³/mol. The quantitative estimate of drug-likeness (QED) is 0.562. The van der Waals surface area contributed by atoms with Crippen LogP contribution in [0, 0.1) is 28.6 Å². The summed E-state index contributed by atoms with van der Waals surface area (Å²) in [5.41, 5.74) is -5.54. The van der Waals surface area contributed by atoms with E-state index in [1.165, 1.54) is 12.2 Å². The van der Waals surface area contributed by atoms with Gasteiger partial charge in [0.15, 0.2) is 23.7 Å². The van der Waals surface area contributed by atoms with E-state index in [0.717, 1.165) is 7.11 Å². The molecule has 0 radical (unpaired) electrons. The Morgan fingerprint density at radius 3 is 2.56 bits per heavy atom. The average molecular weight is 507 g/mol. The maximum atomic E-state index is 17.3. The molecule has 0 amide bonds. The van der Waals surface area contributed by atoms with Crippen LogP contribution < -0.4 is 0 Å². The number of hydrogen-bond acceptors (Lipinski definition) is 8. The largest absolute Gasteiger partial charge is 0.509 e. The van der Waals surface area contributed by atoms with E-state index >= 15 is 4.39 Å². The smallest absolute Gasteiger partial charge is 0.457 e. The molecule has 0 aromatic carbocycles. The van der Waals surface area contributed by atoms with Gasteiger partial charge in [-0.3, -0.25) is 14.4 Å². The minimum absolute atomic E-state index is 0.0726. The Balaban J connectivity index is 1.80. The zero-order chi connectivity index (χ0) is 26.7. The van der Waals surface area contributed by atoms with Crippen LogP contribution in [0.25, 0.3) is 0 Å². The first kappa shape index (κ1) is 26.5. The summed E-state index contributed by atoms with van der Waals surface area (Å²) in [5, 5.41) is 11.5. The fourth-order valence-electron chi connectivity index (χ4n) is 7.93. The minimum Gasteiger partial charge on any atom is -0.457 e. The van der Waals surface area contributed by atoms with Crippen molar-refractivity contribution in [2.45, 2.75) is 77.2 Å². The summed E-state index contributed by atoms with van der Waals surface area (Å²) in [5.74, 6) is -3.04. The van der Waals surface area contributed by atoms with Gasteiger partial charge >= 0.3 is 12.1 Å². The highest BCUT2D eigenvalue weighted by Gasteiger charge is 2.77. The van der Waals surface area contributed by atoms with Gasteiger partial charge < -0.3 is 19.3 Å². The van der Waals surface area contributed by atoms with Crippen LogP contribution in [0.5, 0.6) is 0 Å². The molecule has 0 unspecified atom stereocenters. The molecule has 0 heterocycles. The summed E-state index contributed by atoms with van der Waals surface area (Å²) in [7, 11) is 1.13. The maximum Gasteiger partial charge on any atom is 0.509 e. The normalized spacial score (nSPS) is 43.0. The molecule has 0 aromatic heterocycles. The van der Waals surface area contributed by atoms with Crippen LogP contribution in [0.3, 0.4) is 0 Å². The first-order chi connectivity index (χ1) is 16.8. The van der Waals surface area contributed by atoms with Crippen LogP contribution in [0.2, 0.25) is 0 Å². The first-order valence-corrected chi connectivity index (χ1v) is 12.6.